The molecule has 4 unspecified atom stereocenters. The van der Waals surface area contributed by atoms with Gasteiger partial charge in [0, 0.05) is 18.4 Å². The summed E-state index contributed by atoms with van der Waals surface area (Å²) in [6.07, 6.45) is 2.46. The van der Waals surface area contributed by atoms with E-state index in [0.29, 0.717) is 5.25 Å². The number of thioether (sulfide) groups is 2. The number of ether oxygens (including phenoxy) is 2. The number of carbonyl (C=O) groups is 1. The molecule has 2 heterocycles. The van der Waals surface area contributed by atoms with Gasteiger partial charge in [0.1, 0.15) is 12.2 Å². The summed E-state index contributed by atoms with van der Waals surface area (Å²) in [5.41, 5.74) is 0. The molecule has 2 saturated heterocycles. The largest absolute Gasteiger partial charge is 0.458 e. The molecular weight excluding hydrogens is 220 g/mol. The summed E-state index contributed by atoms with van der Waals surface area (Å²) >= 11 is 3.66. The summed E-state index contributed by atoms with van der Waals surface area (Å²) in [6.45, 7) is 1.46. The number of fused-ring (bicyclic) bond motifs is 2. The van der Waals surface area contributed by atoms with Crippen LogP contribution in [0.4, 0.5) is 0 Å². The molecule has 2 aliphatic rings. The predicted molar refractivity (Wildman–Crippen MR) is 58.8 cm³/mol. The minimum atomic E-state index is -0.194. The lowest BCUT2D eigenvalue weighted by Crippen LogP contribution is -2.30. The van der Waals surface area contributed by atoms with Crippen LogP contribution in [0.2, 0.25) is 0 Å². The maximum absolute atomic E-state index is 10.9. The fourth-order valence-corrected chi connectivity index (χ4v) is 4.19. The fraction of sp³-hybridized carbons (Fsp3) is 0.889. The molecule has 0 spiro atoms. The Morgan fingerprint density at radius 2 is 2.50 bits per heavy atom. The second-order valence-electron chi connectivity index (χ2n) is 3.54. The predicted octanol–water partition coefficient (Wildman–Crippen LogP) is 1.16. The molecule has 0 amide bonds. The van der Waals surface area contributed by atoms with Crippen LogP contribution in [0.3, 0.4) is 0 Å². The molecule has 2 fully saturated rings. The Labute approximate surface area is 92.3 Å². The van der Waals surface area contributed by atoms with E-state index < -0.39 is 0 Å². The van der Waals surface area contributed by atoms with Crippen molar-refractivity contribution in [1.29, 1.82) is 0 Å². The Hall–Kier alpha value is 0.130. The van der Waals surface area contributed by atoms with Gasteiger partial charge in [-0.2, -0.15) is 11.8 Å². The first-order chi connectivity index (χ1) is 6.72. The van der Waals surface area contributed by atoms with Crippen LogP contribution in [0.25, 0.3) is 0 Å². The van der Waals surface area contributed by atoms with E-state index in [1.165, 1.54) is 6.92 Å². The van der Waals surface area contributed by atoms with Gasteiger partial charge in [-0.05, 0) is 6.26 Å². The number of carbonyl (C=O) groups excluding carboxylic acids is 1. The van der Waals surface area contributed by atoms with Crippen LogP contribution in [-0.2, 0) is 14.3 Å². The van der Waals surface area contributed by atoms with Crippen LogP contribution in [0, 0.1) is 0 Å². The molecule has 0 aromatic rings. The second-order valence-corrected chi connectivity index (χ2v) is 5.66. The van der Waals surface area contributed by atoms with E-state index in [0.717, 1.165) is 11.5 Å². The lowest BCUT2D eigenvalue weighted by atomic mass is 10.1. The topological polar surface area (TPSA) is 35.5 Å². The van der Waals surface area contributed by atoms with Gasteiger partial charge in [-0.1, -0.05) is 0 Å². The average molecular weight is 234 g/mol. The first kappa shape index (κ1) is 10.6. The Balaban J connectivity index is 1.97. The fourth-order valence-electron chi connectivity index (χ4n) is 1.98. The van der Waals surface area contributed by atoms with Crippen LogP contribution in [-0.4, -0.2) is 47.3 Å². The van der Waals surface area contributed by atoms with Crippen molar-refractivity contribution in [2.24, 2.45) is 0 Å². The van der Waals surface area contributed by atoms with E-state index in [2.05, 4.69) is 6.26 Å². The normalized spacial score (nSPS) is 40.1. The van der Waals surface area contributed by atoms with Crippen molar-refractivity contribution in [2.75, 3.05) is 17.8 Å². The number of hydrogen-bond donors (Lipinski definition) is 0. The standard InChI is InChI=1S/C9H14O3S2/c1-5(10)11-8-6-4-14-9(8)7(12-6)3-13-2/h6-9H,3-4H2,1-2H3. The van der Waals surface area contributed by atoms with Gasteiger partial charge in [0.15, 0.2) is 0 Å². The van der Waals surface area contributed by atoms with Gasteiger partial charge in [-0.15, -0.1) is 11.8 Å². The molecule has 80 valence electrons. The van der Waals surface area contributed by atoms with Gasteiger partial charge in [0.05, 0.1) is 11.4 Å². The average Bonchev–Trinajstić information content (AvgIpc) is 2.62. The highest BCUT2D eigenvalue weighted by Crippen LogP contribution is 2.42. The third kappa shape index (κ3) is 1.90. The third-order valence-corrected chi connectivity index (χ3v) is 4.63. The lowest BCUT2D eigenvalue weighted by Gasteiger charge is -2.19. The molecular formula is C9H14O3S2. The Bertz CT molecular complexity index is 234. The number of esters is 1. The van der Waals surface area contributed by atoms with Gasteiger partial charge in [0.25, 0.3) is 0 Å². The van der Waals surface area contributed by atoms with E-state index in [1.807, 2.05) is 11.8 Å². The summed E-state index contributed by atoms with van der Waals surface area (Å²) in [5, 5.41) is 0.358. The van der Waals surface area contributed by atoms with Crippen molar-refractivity contribution < 1.29 is 14.3 Å². The molecule has 0 N–H and O–H groups in total. The summed E-state index contributed by atoms with van der Waals surface area (Å²) in [4.78, 5) is 10.9. The van der Waals surface area contributed by atoms with E-state index in [4.69, 9.17) is 9.47 Å². The van der Waals surface area contributed by atoms with Crippen molar-refractivity contribution in [3.05, 3.63) is 0 Å². The smallest absolute Gasteiger partial charge is 0.303 e. The van der Waals surface area contributed by atoms with Gasteiger partial charge in [-0.25, -0.2) is 0 Å². The highest BCUT2D eigenvalue weighted by molar-refractivity contribution is 8.00. The van der Waals surface area contributed by atoms with Gasteiger partial charge in [0.2, 0.25) is 0 Å². The van der Waals surface area contributed by atoms with Crippen molar-refractivity contribution in [1.82, 2.24) is 0 Å². The molecule has 0 saturated carbocycles. The van der Waals surface area contributed by atoms with Crippen LogP contribution >= 0.6 is 23.5 Å². The highest BCUT2D eigenvalue weighted by Gasteiger charge is 2.51. The first-order valence-corrected chi connectivity index (χ1v) is 7.10. The third-order valence-electron chi connectivity index (χ3n) is 2.49. The van der Waals surface area contributed by atoms with Crippen molar-refractivity contribution >= 4 is 29.5 Å². The summed E-state index contributed by atoms with van der Waals surface area (Å²) in [6, 6.07) is 0. The zero-order valence-corrected chi connectivity index (χ0v) is 9.90. The SMILES string of the molecule is CSCC1OC2CSC1C2OC(C)=O. The lowest BCUT2D eigenvalue weighted by molar-refractivity contribution is -0.147. The van der Waals surface area contributed by atoms with Crippen molar-refractivity contribution in [2.45, 2.75) is 30.5 Å². The van der Waals surface area contributed by atoms with Gasteiger partial charge in [-0.3, -0.25) is 4.79 Å². The van der Waals surface area contributed by atoms with Crippen molar-refractivity contribution in [3.8, 4) is 0 Å². The zero-order valence-electron chi connectivity index (χ0n) is 8.26. The van der Waals surface area contributed by atoms with E-state index in [-0.39, 0.29) is 24.3 Å². The molecule has 0 aromatic heterocycles. The molecule has 0 aromatic carbocycles. The molecule has 0 radical (unpaired) electrons. The zero-order chi connectivity index (χ0) is 10.1. The van der Waals surface area contributed by atoms with Crippen LogP contribution in [0.5, 0.6) is 0 Å². The minimum Gasteiger partial charge on any atom is -0.458 e. The molecule has 5 heteroatoms. The number of rotatable bonds is 3. The maximum Gasteiger partial charge on any atom is 0.303 e. The molecule has 2 aliphatic heterocycles. The van der Waals surface area contributed by atoms with Gasteiger partial charge >= 0.3 is 5.97 Å². The van der Waals surface area contributed by atoms with E-state index >= 15 is 0 Å². The van der Waals surface area contributed by atoms with Crippen LogP contribution < -0.4 is 0 Å². The minimum absolute atomic E-state index is 0.00495. The maximum atomic E-state index is 10.9. The summed E-state index contributed by atoms with van der Waals surface area (Å²) in [7, 11) is 0. The van der Waals surface area contributed by atoms with E-state index in [9.17, 15) is 4.79 Å². The molecule has 2 rings (SSSR count). The molecule has 3 nitrogen and oxygen atoms in total. The molecule has 2 bridgehead atoms. The Kier molecular flexibility index (Phi) is 3.29. The van der Waals surface area contributed by atoms with E-state index in [1.54, 1.807) is 11.8 Å². The Morgan fingerprint density at radius 1 is 1.71 bits per heavy atom. The molecule has 14 heavy (non-hydrogen) atoms. The van der Waals surface area contributed by atoms with Gasteiger partial charge < -0.3 is 9.47 Å². The highest BCUT2D eigenvalue weighted by atomic mass is 32.2. The quantitative estimate of drug-likeness (QED) is 0.685. The molecule has 0 aliphatic carbocycles. The second kappa shape index (κ2) is 4.33. The van der Waals surface area contributed by atoms with Crippen LogP contribution in [0.15, 0.2) is 0 Å². The monoisotopic (exact) mass is 234 g/mol. The van der Waals surface area contributed by atoms with Crippen molar-refractivity contribution in [3.63, 3.8) is 0 Å². The first-order valence-electron chi connectivity index (χ1n) is 4.65. The Morgan fingerprint density at radius 3 is 3.14 bits per heavy atom. The number of hydrogen-bond acceptors (Lipinski definition) is 5. The summed E-state index contributed by atoms with van der Waals surface area (Å²) in [5.74, 6) is 1.76. The van der Waals surface area contributed by atoms with Crippen LogP contribution in [0.1, 0.15) is 6.92 Å². The molecule has 4 atom stereocenters. The summed E-state index contributed by atoms with van der Waals surface area (Å²) < 4.78 is 11.1.